The van der Waals surface area contributed by atoms with Crippen LogP contribution in [0.4, 0.5) is 0 Å². The molecule has 0 spiro atoms. The molecule has 0 saturated carbocycles. The highest BCUT2D eigenvalue weighted by atomic mass is 16.7. The van der Waals surface area contributed by atoms with E-state index in [0.29, 0.717) is 12.1 Å². The van der Waals surface area contributed by atoms with Gasteiger partial charge in [-0.25, -0.2) is 0 Å². The Morgan fingerprint density at radius 2 is 2.07 bits per heavy atom. The van der Waals surface area contributed by atoms with Gasteiger partial charge in [-0.3, -0.25) is 0 Å². The van der Waals surface area contributed by atoms with Gasteiger partial charge in [0.2, 0.25) is 5.79 Å². The maximum Gasteiger partial charge on any atom is 0.488 e. The van der Waals surface area contributed by atoms with E-state index in [4.69, 9.17) is 19.5 Å². The molecular formula is C10H13BO4. The van der Waals surface area contributed by atoms with Gasteiger partial charge in [-0.1, -0.05) is 12.1 Å². The smallest absolute Gasteiger partial charge is 0.463 e. The van der Waals surface area contributed by atoms with Crippen molar-refractivity contribution in [2.24, 2.45) is 0 Å². The average molecular weight is 208 g/mol. The van der Waals surface area contributed by atoms with Gasteiger partial charge in [-0.05, 0) is 11.5 Å². The van der Waals surface area contributed by atoms with Crippen LogP contribution in [0.1, 0.15) is 19.4 Å². The first kappa shape index (κ1) is 10.5. The first-order chi connectivity index (χ1) is 6.98. The van der Waals surface area contributed by atoms with Crippen molar-refractivity contribution < 1.29 is 19.5 Å². The maximum atomic E-state index is 9.00. The summed E-state index contributed by atoms with van der Waals surface area (Å²) in [5.41, 5.74) is 1.28. The molecule has 0 fully saturated rings. The summed E-state index contributed by atoms with van der Waals surface area (Å²) in [7, 11) is -1.45. The maximum absolute atomic E-state index is 9.00. The lowest BCUT2D eigenvalue weighted by Crippen LogP contribution is -2.37. The predicted molar refractivity (Wildman–Crippen MR) is 55.8 cm³/mol. The van der Waals surface area contributed by atoms with Crippen molar-refractivity contribution in [3.63, 3.8) is 0 Å². The van der Waals surface area contributed by atoms with Crippen molar-refractivity contribution in [3.8, 4) is 5.75 Å². The van der Waals surface area contributed by atoms with E-state index in [1.54, 1.807) is 18.2 Å². The molecule has 0 amide bonds. The van der Waals surface area contributed by atoms with Crippen LogP contribution < -0.4 is 10.2 Å². The van der Waals surface area contributed by atoms with Crippen molar-refractivity contribution in [1.82, 2.24) is 0 Å². The van der Waals surface area contributed by atoms with Crippen molar-refractivity contribution >= 4 is 12.6 Å². The van der Waals surface area contributed by atoms with E-state index in [-0.39, 0.29) is 0 Å². The SMILES string of the molecule is CC1(C)OCc2cc(B(O)O)ccc2O1. The highest BCUT2D eigenvalue weighted by Gasteiger charge is 2.27. The van der Waals surface area contributed by atoms with Crippen LogP contribution in [0.25, 0.3) is 0 Å². The van der Waals surface area contributed by atoms with Crippen molar-refractivity contribution in [3.05, 3.63) is 23.8 Å². The lowest BCUT2D eigenvalue weighted by atomic mass is 9.79. The summed E-state index contributed by atoms with van der Waals surface area (Å²) >= 11 is 0. The van der Waals surface area contributed by atoms with E-state index in [1.165, 1.54) is 0 Å². The number of rotatable bonds is 1. The summed E-state index contributed by atoms with van der Waals surface area (Å²) in [5, 5.41) is 18.0. The lowest BCUT2D eigenvalue weighted by molar-refractivity contribution is -0.180. The van der Waals surface area contributed by atoms with Gasteiger partial charge in [0, 0.05) is 19.4 Å². The van der Waals surface area contributed by atoms with Gasteiger partial charge < -0.3 is 19.5 Å². The fourth-order valence-corrected chi connectivity index (χ4v) is 1.52. The number of hydrogen-bond acceptors (Lipinski definition) is 4. The van der Waals surface area contributed by atoms with E-state index in [0.717, 1.165) is 11.3 Å². The summed E-state index contributed by atoms with van der Waals surface area (Å²) in [6.45, 7) is 4.10. The number of ether oxygens (including phenoxy) is 2. The molecule has 0 atom stereocenters. The second-order valence-corrected chi connectivity index (χ2v) is 4.03. The largest absolute Gasteiger partial charge is 0.488 e. The van der Waals surface area contributed by atoms with Gasteiger partial charge in [-0.2, -0.15) is 0 Å². The molecule has 1 heterocycles. The van der Waals surface area contributed by atoms with Gasteiger partial charge in [0.1, 0.15) is 5.75 Å². The molecule has 0 aromatic heterocycles. The fourth-order valence-electron chi connectivity index (χ4n) is 1.52. The summed E-state index contributed by atoms with van der Waals surface area (Å²) in [6, 6.07) is 5.04. The highest BCUT2D eigenvalue weighted by Crippen LogP contribution is 2.29. The Hall–Kier alpha value is -1.04. The Morgan fingerprint density at radius 3 is 2.73 bits per heavy atom. The van der Waals surface area contributed by atoms with Gasteiger partial charge in [0.15, 0.2) is 0 Å². The zero-order chi connectivity index (χ0) is 11.1. The molecule has 0 unspecified atom stereocenters. The lowest BCUT2D eigenvalue weighted by Gasteiger charge is -2.32. The molecule has 5 heteroatoms. The Labute approximate surface area is 88.6 Å². The molecule has 1 aromatic rings. The Kier molecular flexibility index (Phi) is 2.46. The number of fused-ring (bicyclic) bond motifs is 1. The van der Waals surface area contributed by atoms with Crippen molar-refractivity contribution in [1.29, 1.82) is 0 Å². The molecule has 4 nitrogen and oxygen atoms in total. The molecule has 15 heavy (non-hydrogen) atoms. The van der Waals surface area contributed by atoms with E-state index in [9.17, 15) is 0 Å². The second-order valence-electron chi connectivity index (χ2n) is 4.03. The van der Waals surface area contributed by atoms with Crippen LogP contribution in [0, 0.1) is 0 Å². The molecule has 2 rings (SSSR count). The van der Waals surface area contributed by atoms with Gasteiger partial charge in [-0.15, -0.1) is 0 Å². The van der Waals surface area contributed by atoms with E-state index >= 15 is 0 Å². The Bertz CT molecular complexity index is 376. The molecule has 0 saturated heterocycles. The van der Waals surface area contributed by atoms with Crippen LogP contribution in [-0.2, 0) is 11.3 Å². The summed E-state index contributed by atoms with van der Waals surface area (Å²) < 4.78 is 11.0. The molecule has 1 aliphatic rings. The quantitative estimate of drug-likeness (QED) is 0.638. The molecular weight excluding hydrogens is 195 g/mol. The zero-order valence-electron chi connectivity index (χ0n) is 8.73. The first-order valence-electron chi connectivity index (χ1n) is 4.80. The molecule has 0 radical (unpaired) electrons. The van der Waals surface area contributed by atoms with Crippen LogP contribution in [0.15, 0.2) is 18.2 Å². The number of benzene rings is 1. The minimum Gasteiger partial charge on any atom is -0.463 e. The monoisotopic (exact) mass is 208 g/mol. The number of hydrogen-bond donors (Lipinski definition) is 2. The van der Waals surface area contributed by atoms with Crippen LogP contribution in [-0.4, -0.2) is 23.0 Å². The third-order valence-corrected chi connectivity index (χ3v) is 2.31. The van der Waals surface area contributed by atoms with E-state index < -0.39 is 12.9 Å². The van der Waals surface area contributed by atoms with E-state index in [2.05, 4.69) is 0 Å². The van der Waals surface area contributed by atoms with Crippen LogP contribution in [0.2, 0.25) is 0 Å². The highest BCUT2D eigenvalue weighted by molar-refractivity contribution is 6.58. The standard InChI is InChI=1S/C10H13BO4/c1-10(2)14-6-7-5-8(11(12)13)3-4-9(7)15-10/h3-5,12-13H,6H2,1-2H3. The van der Waals surface area contributed by atoms with Crippen LogP contribution in [0.3, 0.4) is 0 Å². The predicted octanol–water partition coefficient (Wildman–Crippen LogP) is 0.0115. The third-order valence-electron chi connectivity index (χ3n) is 2.31. The minimum absolute atomic E-state index is 0.420. The Morgan fingerprint density at radius 1 is 1.33 bits per heavy atom. The molecule has 1 aliphatic heterocycles. The normalized spacial score (nSPS) is 17.9. The molecule has 0 aliphatic carbocycles. The fraction of sp³-hybridized carbons (Fsp3) is 0.400. The minimum atomic E-state index is -1.45. The van der Waals surface area contributed by atoms with Crippen molar-refractivity contribution in [2.45, 2.75) is 26.2 Å². The molecule has 80 valence electrons. The van der Waals surface area contributed by atoms with Gasteiger partial charge >= 0.3 is 7.12 Å². The van der Waals surface area contributed by atoms with Crippen LogP contribution in [0.5, 0.6) is 5.75 Å². The molecule has 2 N–H and O–H groups in total. The second kappa shape index (κ2) is 3.52. The molecule has 0 bridgehead atoms. The molecule has 1 aromatic carbocycles. The topological polar surface area (TPSA) is 58.9 Å². The van der Waals surface area contributed by atoms with Crippen LogP contribution >= 0.6 is 0 Å². The van der Waals surface area contributed by atoms with Gasteiger partial charge in [0.25, 0.3) is 0 Å². The van der Waals surface area contributed by atoms with Gasteiger partial charge in [0.05, 0.1) is 6.61 Å². The summed E-state index contributed by atoms with van der Waals surface area (Å²) in [6.07, 6.45) is 0. The van der Waals surface area contributed by atoms with E-state index in [1.807, 2.05) is 13.8 Å². The first-order valence-corrected chi connectivity index (χ1v) is 4.80. The average Bonchev–Trinajstić information content (AvgIpc) is 2.15. The summed E-state index contributed by atoms with van der Waals surface area (Å²) in [4.78, 5) is 0. The summed E-state index contributed by atoms with van der Waals surface area (Å²) in [5.74, 6) is 0.113. The zero-order valence-corrected chi connectivity index (χ0v) is 8.73. The third kappa shape index (κ3) is 2.14. The Balaban J connectivity index is 2.32. The van der Waals surface area contributed by atoms with Crippen molar-refractivity contribution in [2.75, 3.05) is 0 Å².